The third-order valence-electron chi connectivity index (χ3n) is 4.19. The van der Waals surface area contributed by atoms with E-state index in [-0.39, 0.29) is 11.8 Å². The van der Waals surface area contributed by atoms with Gasteiger partial charge >= 0.3 is 0 Å². The molecule has 8 heteroatoms. The molecule has 3 rings (SSSR count). The van der Waals surface area contributed by atoms with Crippen LogP contribution in [0.4, 0.5) is 5.82 Å². The van der Waals surface area contributed by atoms with E-state index >= 15 is 0 Å². The second-order valence-electron chi connectivity index (χ2n) is 6.54. The van der Waals surface area contributed by atoms with Crippen molar-refractivity contribution in [2.45, 2.75) is 19.4 Å². The number of aromatic nitrogens is 2. The molecule has 0 saturated carbocycles. The highest BCUT2D eigenvalue weighted by Crippen LogP contribution is 2.33. The minimum absolute atomic E-state index is 0.0618. The van der Waals surface area contributed by atoms with Crippen LogP contribution in [0.3, 0.4) is 0 Å². The van der Waals surface area contributed by atoms with Crippen LogP contribution in [0.15, 0.2) is 42.5 Å². The van der Waals surface area contributed by atoms with Gasteiger partial charge in [-0.3, -0.25) is 0 Å². The zero-order valence-electron chi connectivity index (χ0n) is 14.9. The summed E-state index contributed by atoms with van der Waals surface area (Å²) in [6, 6.07) is 13.1. The molecule has 1 heterocycles. The first-order valence-electron chi connectivity index (χ1n) is 8.40. The van der Waals surface area contributed by atoms with Crippen LogP contribution in [0.25, 0.3) is 22.0 Å². The summed E-state index contributed by atoms with van der Waals surface area (Å²) >= 11 is 12.2. The highest BCUT2D eigenvalue weighted by molar-refractivity contribution is 7.90. The highest BCUT2D eigenvalue weighted by atomic mass is 35.5. The Morgan fingerprint density at radius 2 is 1.74 bits per heavy atom. The summed E-state index contributed by atoms with van der Waals surface area (Å²) in [4.78, 5) is 0. The van der Waals surface area contributed by atoms with E-state index in [1.807, 2.05) is 37.3 Å². The normalized spacial score (nSPS) is 12.9. The molecule has 0 fully saturated rings. The fourth-order valence-corrected chi connectivity index (χ4v) is 3.84. The van der Waals surface area contributed by atoms with Crippen molar-refractivity contribution in [3.8, 4) is 11.3 Å². The summed E-state index contributed by atoms with van der Waals surface area (Å²) in [5.74, 6) is 0.740. The molecule has 0 saturated heterocycles. The molecule has 0 radical (unpaired) electrons. The molecule has 27 heavy (non-hydrogen) atoms. The second kappa shape index (κ2) is 8.00. The molecule has 142 valence electrons. The largest absolute Gasteiger partial charge is 0.366 e. The third-order valence-corrected chi connectivity index (χ3v) is 5.90. The van der Waals surface area contributed by atoms with Gasteiger partial charge in [-0.15, -0.1) is 10.2 Å². The first kappa shape index (κ1) is 19.9. The van der Waals surface area contributed by atoms with Crippen LogP contribution in [-0.2, 0) is 9.84 Å². The predicted molar refractivity (Wildman–Crippen MR) is 112 cm³/mol. The number of sulfone groups is 1. The first-order valence-corrected chi connectivity index (χ1v) is 11.2. The van der Waals surface area contributed by atoms with Crippen molar-refractivity contribution >= 4 is 49.6 Å². The molecule has 1 aromatic heterocycles. The lowest BCUT2D eigenvalue weighted by atomic mass is 10.0. The van der Waals surface area contributed by atoms with Crippen LogP contribution in [0, 0.1) is 0 Å². The number of rotatable bonds is 6. The van der Waals surface area contributed by atoms with Gasteiger partial charge in [-0.2, -0.15) is 0 Å². The molecule has 0 spiro atoms. The summed E-state index contributed by atoms with van der Waals surface area (Å²) in [6.07, 6.45) is 1.73. The average molecular weight is 424 g/mol. The molecular weight excluding hydrogens is 405 g/mol. The van der Waals surface area contributed by atoms with Crippen LogP contribution in [-0.4, -0.2) is 36.7 Å². The SMILES string of the molecule is CC(CCS(C)(=O)=O)Nc1nnc(-c2ccc(Cl)c(Cl)c2)c2ccccc12. The van der Waals surface area contributed by atoms with Gasteiger partial charge in [-0.25, -0.2) is 8.42 Å². The van der Waals surface area contributed by atoms with Gasteiger partial charge in [0.15, 0.2) is 5.82 Å². The lowest BCUT2D eigenvalue weighted by Gasteiger charge is -2.16. The van der Waals surface area contributed by atoms with Gasteiger partial charge in [0, 0.05) is 28.6 Å². The molecule has 0 aliphatic carbocycles. The van der Waals surface area contributed by atoms with Crippen molar-refractivity contribution in [3.05, 3.63) is 52.5 Å². The standard InChI is InChI=1S/C19H19Cl2N3O2S/c1-12(9-10-27(2,25)26)22-19-15-6-4-3-5-14(15)18(23-24-19)13-7-8-16(20)17(21)11-13/h3-8,11-12H,9-10H2,1-2H3,(H,22,24). The van der Waals surface area contributed by atoms with Crippen LogP contribution in [0.5, 0.6) is 0 Å². The van der Waals surface area contributed by atoms with E-state index < -0.39 is 9.84 Å². The second-order valence-corrected chi connectivity index (χ2v) is 9.61. The van der Waals surface area contributed by atoms with Crippen LogP contribution >= 0.6 is 23.2 Å². The number of fused-ring (bicyclic) bond motifs is 1. The van der Waals surface area contributed by atoms with Crippen molar-refractivity contribution in [3.63, 3.8) is 0 Å². The zero-order chi connectivity index (χ0) is 19.6. The zero-order valence-corrected chi connectivity index (χ0v) is 17.2. The Morgan fingerprint density at radius 1 is 1.04 bits per heavy atom. The highest BCUT2D eigenvalue weighted by Gasteiger charge is 2.14. The van der Waals surface area contributed by atoms with E-state index in [1.54, 1.807) is 12.1 Å². The van der Waals surface area contributed by atoms with E-state index in [1.165, 1.54) is 6.26 Å². The average Bonchev–Trinajstić information content (AvgIpc) is 2.62. The molecular formula is C19H19Cl2N3O2S. The van der Waals surface area contributed by atoms with Crippen molar-refractivity contribution in [1.29, 1.82) is 0 Å². The molecule has 3 aromatic rings. The quantitative estimate of drug-likeness (QED) is 0.613. The van der Waals surface area contributed by atoms with E-state index in [0.717, 1.165) is 16.3 Å². The third kappa shape index (κ3) is 4.89. The van der Waals surface area contributed by atoms with Crippen LogP contribution in [0.2, 0.25) is 10.0 Å². The smallest absolute Gasteiger partial charge is 0.156 e. The Morgan fingerprint density at radius 3 is 2.41 bits per heavy atom. The van der Waals surface area contributed by atoms with Gasteiger partial charge in [-0.05, 0) is 25.5 Å². The fraction of sp³-hybridized carbons (Fsp3) is 0.263. The van der Waals surface area contributed by atoms with Crippen molar-refractivity contribution in [2.24, 2.45) is 0 Å². The summed E-state index contributed by atoms with van der Waals surface area (Å²) in [5.41, 5.74) is 1.53. The molecule has 0 aliphatic rings. The van der Waals surface area contributed by atoms with Gasteiger partial charge in [0.2, 0.25) is 0 Å². The van der Waals surface area contributed by atoms with Crippen molar-refractivity contribution in [1.82, 2.24) is 10.2 Å². The fourth-order valence-electron chi connectivity index (χ4n) is 2.76. The number of hydrogen-bond acceptors (Lipinski definition) is 5. The number of halogens is 2. The van der Waals surface area contributed by atoms with E-state index in [4.69, 9.17) is 23.2 Å². The Labute approximate surface area is 168 Å². The van der Waals surface area contributed by atoms with Crippen LogP contribution in [0.1, 0.15) is 13.3 Å². The van der Waals surface area contributed by atoms with Gasteiger partial charge < -0.3 is 5.32 Å². The lowest BCUT2D eigenvalue weighted by molar-refractivity contribution is 0.595. The predicted octanol–water partition coefficient (Wildman–Crippen LogP) is 4.84. The molecule has 5 nitrogen and oxygen atoms in total. The molecule has 2 aromatic carbocycles. The molecule has 0 bridgehead atoms. The number of nitrogens with one attached hydrogen (secondary N) is 1. The monoisotopic (exact) mass is 423 g/mol. The van der Waals surface area contributed by atoms with Crippen molar-refractivity contribution < 1.29 is 8.42 Å². The summed E-state index contributed by atoms with van der Waals surface area (Å²) in [7, 11) is -3.00. The van der Waals surface area contributed by atoms with Gasteiger partial charge in [0.05, 0.1) is 15.8 Å². The maximum Gasteiger partial charge on any atom is 0.156 e. The lowest BCUT2D eigenvalue weighted by Crippen LogP contribution is -2.20. The molecule has 1 unspecified atom stereocenters. The van der Waals surface area contributed by atoms with E-state index in [9.17, 15) is 8.42 Å². The summed E-state index contributed by atoms with van der Waals surface area (Å²) in [6.45, 7) is 1.93. The molecule has 0 amide bonds. The number of benzene rings is 2. The Kier molecular flexibility index (Phi) is 5.89. The number of nitrogens with zero attached hydrogens (tertiary/aromatic N) is 2. The topological polar surface area (TPSA) is 72.0 Å². The minimum atomic E-state index is -3.00. The van der Waals surface area contributed by atoms with Gasteiger partial charge in [0.25, 0.3) is 0 Å². The molecule has 1 N–H and O–H groups in total. The van der Waals surface area contributed by atoms with E-state index in [2.05, 4.69) is 15.5 Å². The molecule has 1 atom stereocenters. The Hall–Kier alpha value is -1.89. The maximum atomic E-state index is 11.4. The van der Waals surface area contributed by atoms with Crippen LogP contribution < -0.4 is 5.32 Å². The van der Waals surface area contributed by atoms with Crippen molar-refractivity contribution in [2.75, 3.05) is 17.3 Å². The molecule has 0 aliphatic heterocycles. The maximum absolute atomic E-state index is 11.4. The first-order chi connectivity index (χ1) is 12.7. The van der Waals surface area contributed by atoms with Gasteiger partial charge in [0.1, 0.15) is 15.5 Å². The summed E-state index contributed by atoms with van der Waals surface area (Å²) < 4.78 is 22.8. The minimum Gasteiger partial charge on any atom is -0.366 e. The van der Waals surface area contributed by atoms with E-state index in [0.29, 0.717) is 28.0 Å². The number of anilines is 1. The Bertz CT molecular complexity index is 1090. The summed E-state index contributed by atoms with van der Waals surface area (Å²) in [5, 5.41) is 14.7. The van der Waals surface area contributed by atoms with Gasteiger partial charge in [-0.1, -0.05) is 53.5 Å². The Balaban J connectivity index is 1.97. The number of hydrogen-bond donors (Lipinski definition) is 1.